The third-order valence-electron chi connectivity index (χ3n) is 2.90. The minimum absolute atomic E-state index is 0.116. The lowest BCUT2D eigenvalue weighted by atomic mass is 9.89. The molecule has 0 radical (unpaired) electrons. The number of nitrogens with zero attached hydrogens (tertiary/aromatic N) is 1. The van der Waals surface area contributed by atoms with E-state index in [1.807, 2.05) is 6.92 Å². The summed E-state index contributed by atoms with van der Waals surface area (Å²) in [5.74, 6) is 1.18. The number of aliphatic hydroxyl groups excluding tert-OH is 1. The molecule has 3 N–H and O–H groups in total. The van der Waals surface area contributed by atoms with Crippen LogP contribution < -0.4 is 10.6 Å². The van der Waals surface area contributed by atoms with Crippen molar-refractivity contribution < 1.29 is 5.11 Å². The van der Waals surface area contributed by atoms with Gasteiger partial charge < -0.3 is 15.7 Å². The summed E-state index contributed by atoms with van der Waals surface area (Å²) in [6, 6.07) is 0. The highest BCUT2D eigenvalue weighted by Gasteiger charge is 2.28. The van der Waals surface area contributed by atoms with Crippen molar-refractivity contribution in [1.29, 1.82) is 0 Å². The van der Waals surface area contributed by atoms with Crippen LogP contribution in [0.25, 0.3) is 0 Å². The summed E-state index contributed by atoms with van der Waals surface area (Å²) in [4.78, 5) is 4.33. The molecule has 0 spiro atoms. The lowest BCUT2D eigenvalue weighted by molar-refractivity contribution is 0.150. The second-order valence-corrected chi connectivity index (χ2v) is 4.37. The molecule has 82 valence electrons. The molecule has 1 aliphatic rings. The van der Waals surface area contributed by atoms with Crippen LogP contribution in [0, 0.1) is 5.92 Å². The van der Waals surface area contributed by atoms with Crippen LogP contribution in [0.3, 0.4) is 0 Å². The molecular formula is C10H21N3O. The predicted molar refractivity (Wildman–Crippen MR) is 58.4 cm³/mol. The van der Waals surface area contributed by atoms with Crippen molar-refractivity contribution in [1.82, 2.24) is 10.6 Å². The molecule has 1 atom stereocenters. The summed E-state index contributed by atoms with van der Waals surface area (Å²) in [5.41, 5.74) is -0.289. The fourth-order valence-electron chi connectivity index (χ4n) is 1.25. The Morgan fingerprint density at radius 2 is 2.36 bits per heavy atom. The van der Waals surface area contributed by atoms with Crippen molar-refractivity contribution in [2.24, 2.45) is 10.9 Å². The van der Waals surface area contributed by atoms with E-state index in [-0.39, 0.29) is 12.1 Å². The molecule has 1 heterocycles. The van der Waals surface area contributed by atoms with E-state index in [0.29, 0.717) is 5.92 Å². The van der Waals surface area contributed by atoms with Gasteiger partial charge in [-0.05, 0) is 19.3 Å². The largest absolute Gasteiger partial charge is 0.394 e. The van der Waals surface area contributed by atoms with Gasteiger partial charge >= 0.3 is 0 Å². The van der Waals surface area contributed by atoms with Gasteiger partial charge in [0.25, 0.3) is 0 Å². The SMILES string of the molecule is CC(C)C(C)(CO)NC1=NCCCN1. The molecule has 1 rings (SSSR count). The first-order chi connectivity index (χ1) is 6.58. The number of hydrogen-bond acceptors (Lipinski definition) is 4. The zero-order valence-corrected chi connectivity index (χ0v) is 9.30. The molecule has 4 nitrogen and oxygen atoms in total. The minimum Gasteiger partial charge on any atom is -0.394 e. The van der Waals surface area contributed by atoms with E-state index in [4.69, 9.17) is 0 Å². The van der Waals surface area contributed by atoms with Gasteiger partial charge in [0.2, 0.25) is 0 Å². The lowest BCUT2D eigenvalue weighted by Gasteiger charge is -2.35. The van der Waals surface area contributed by atoms with Gasteiger partial charge in [0, 0.05) is 13.1 Å². The van der Waals surface area contributed by atoms with Crippen molar-refractivity contribution in [3.8, 4) is 0 Å². The van der Waals surface area contributed by atoms with E-state index >= 15 is 0 Å². The quantitative estimate of drug-likeness (QED) is 0.614. The van der Waals surface area contributed by atoms with Crippen LogP contribution in [0.2, 0.25) is 0 Å². The van der Waals surface area contributed by atoms with Gasteiger partial charge in [0.15, 0.2) is 5.96 Å². The molecule has 0 bridgehead atoms. The zero-order chi connectivity index (χ0) is 10.6. The van der Waals surface area contributed by atoms with Crippen LogP contribution in [0.5, 0.6) is 0 Å². The molecule has 0 amide bonds. The first-order valence-electron chi connectivity index (χ1n) is 5.26. The average Bonchev–Trinajstić information content (AvgIpc) is 2.19. The summed E-state index contributed by atoms with van der Waals surface area (Å²) in [6.07, 6.45) is 1.09. The number of aliphatic hydroxyl groups is 1. The summed E-state index contributed by atoms with van der Waals surface area (Å²) < 4.78 is 0. The van der Waals surface area contributed by atoms with E-state index in [2.05, 4.69) is 29.5 Å². The Hall–Kier alpha value is -0.770. The van der Waals surface area contributed by atoms with E-state index in [1.54, 1.807) is 0 Å². The molecular weight excluding hydrogens is 178 g/mol. The second kappa shape index (κ2) is 4.64. The molecule has 4 heteroatoms. The Bertz CT molecular complexity index is 215. The van der Waals surface area contributed by atoms with E-state index in [1.165, 1.54) is 0 Å². The Morgan fingerprint density at radius 1 is 1.64 bits per heavy atom. The molecule has 0 saturated carbocycles. The third kappa shape index (κ3) is 2.61. The first-order valence-corrected chi connectivity index (χ1v) is 5.26. The third-order valence-corrected chi connectivity index (χ3v) is 2.90. The van der Waals surface area contributed by atoms with Gasteiger partial charge in [-0.1, -0.05) is 13.8 Å². The van der Waals surface area contributed by atoms with E-state index in [0.717, 1.165) is 25.5 Å². The highest BCUT2D eigenvalue weighted by molar-refractivity contribution is 5.81. The van der Waals surface area contributed by atoms with Crippen LogP contribution in [0.15, 0.2) is 4.99 Å². The van der Waals surface area contributed by atoms with Crippen molar-refractivity contribution in [2.45, 2.75) is 32.7 Å². The van der Waals surface area contributed by atoms with Crippen LogP contribution >= 0.6 is 0 Å². The van der Waals surface area contributed by atoms with Crippen LogP contribution in [0.4, 0.5) is 0 Å². The van der Waals surface area contributed by atoms with Crippen molar-refractivity contribution >= 4 is 5.96 Å². The zero-order valence-electron chi connectivity index (χ0n) is 9.30. The van der Waals surface area contributed by atoms with Crippen LogP contribution in [0.1, 0.15) is 27.2 Å². The molecule has 0 aromatic rings. The standard InChI is InChI=1S/C10H21N3O/c1-8(2)10(3,7-14)13-9-11-5-4-6-12-9/h8,14H,4-7H2,1-3H3,(H2,11,12,13). The number of nitrogens with one attached hydrogen (secondary N) is 2. The fraction of sp³-hybridized carbons (Fsp3) is 0.900. The smallest absolute Gasteiger partial charge is 0.191 e. The second-order valence-electron chi connectivity index (χ2n) is 4.37. The molecule has 14 heavy (non-hydrogen) atoms. The van der Waals surface area contributed by atoms with Gasteiger partial charge in [-0.15, -0.1) is 0 Å². The predicted octanol–water partition coefficient (Wildman–Crippen LogP) is 0.332. The van der Waals surface area contributed by atoms with Gasteiger partial charge in [-0.2, -0.15) is 0 Å². The summed E-state index contributed by atoms with van der Waals surface area (Å²) in [7, 11) is 0. The fourth-order valence-corrected chi connectivity index (χ4v) is 1.25. The molecule has 0 fully saturated rings. The van der Waals surface area contributed by atoms with Crippen LogP contribution in [-0.4, -0.2) is 36.3 Å². The monoisotopic (exact) mass is 199 g/mol. The first kappa shape index (κ1) is 11.3. The van der Waals surface area contributed by atoms with Gasteiger partial charge in [-0.3, -0.25) is 4.99 Å². The Kier molecular flexibility index (Phi) is 3.75. The minimum atomic E-state index is -0.289. The number of guanidine groups is 1. The molecule has 1 aliphatic heterocycles. The maximum Gasteiger partial charge on any atom is 0.191 e. The lowest BCUT2D eigenvalue weighted by Crippen LogP contribution is -2.57. The van der Waals surface area contributed by atoms with Gasteiger partial charge in [0.05, 0.1) is 12.1 Å². The number of rotatable bonds is 3. The number of aliphatic imine (C=N–C) groups is 1. The topological polar surface area (TPSA) is 56.6 Å². The van der Waals surface area contributed by atoms with Crippen molar-refractivity contribution in [3.63, 3.8) is 0 Å². The molecule has 0 aliphatic carbocycles. The molecule has 0 aromatic heterocycles. The summed E-state index contributed by atoms with van der Waals surface area (Å²) >= 11 is 0. The van der Waals surface area contributed by atoms with Gasteiger partial charge in [0.1, 0.15) is 0 Å². The maximum absolute atomic E-state index is 9.34. The maximum atomic E-state index is 9.34. The van der Waals surface area contributed by atoms with Crippen LogP contribution in [-0.2, 0) is 0 Å². The van der Waals surface area contributed by atoms with E-state index < -0.39 is 0 Å². The Balaban J connectivity index is 2.59. The molecule has 0 saturated heterocycles. The Morgan fingerprint density at radius 3 is 2.79 bits per heavy atom. The highest BCUT2D eigenvalue weighted by Crippen LogP contribution is 2.15. The Labute approximate surface area is 85.8 Å². The molecule has 1 unspecified atom stereocenters. The normalized spacial score (nSPS) is 21.1. The van der Waals surface area contributed by atoms with Crippen molar-refractivity contribution in [2.75, 3.05) is 19.7 Å². The number of hydrogen-bond donors (Lipinski definition) is 3. The highest BCUT2D eigenvalue weighted by atomic mass is 16.3. The molecule has 0 aromatic carbocycles. The average molecular weight is 199 g/mol. The van der Waals surface area contributed by atoms with Gasteiger partial charge in [-0.25, -0.2) is 0 Å². The van der Waals surface area contributed by atoms with E-state index in [9.17, 15) is 5.11 Å². The summed E-state index contributed by atoms with van der Waals surface area (Å²) in [6.45, 7) is 8.14. The summed E-state index contributed by atoms with van der Waals surface area (Å²) in [5, 5.41) is 15.8. The van der Waals surface area contributed by atoms with Crippen molar-refractivity contribution in [3.05, 3.63) is 0 Å².